The Morgan fingerprint density at radius 3 is 2.31 bits per heavy atom. The number of hydrogen-bond donors (Lipinski definition) is 0. The third-order valence-corrected chi connectivity index (χ3v) is 3.73. The highest BCUT2D eigenvalue weighted by molar-refractivity contribution is 5.87. The van der Waals surface area contributed by atoms with Gasteiger partial charge < -0.3 is 4.74 Å². The third kappa shape index (κ3) is 4.65. The van der Waals surface area contributed by atoms with Gasteiger partial charge in [-0.2, -0.15) is 0 Å². The van der Waals surface area contributed by atoms with Crippen LogP contribution in [0.5, 0.6) is 0 Å². The maximum atomic E-state index is 12.1. The monoisotopic (exact) mass is 228 g/mol. The molecule has 2 heteroatoms. The van der Waals surface area contributed by atoms with Crippen LogP contribution in [0.2, 0.25) is 0 Å². The molecule has 0 aromatic carbocycles. The molecule has 0 amide bonds. The van der Waals surface area contributed by atoms with Gasteiger partial charge in [0.1, 0.15) is 5.60 Å². The molecule has 0 radical (unpaired) electrons. The second-order valence-electron chi connectivity index (χ2n) is 4.83. The lowest BCUT2D eigenvalue weighted by Gasteiger charge is -2.27. The molecule has 0 bridgehead atoms. The van der Waals surface area contributed by atoms with E-state index in [1.54, 1.807) is 7.11 Å². The van der Waals surface area contributed by atoms with Crippen LogP contribution >= 0.6 is 0 Å². The van der Waals surface area contributed by atoms with Crippen LogP contribution in [0.15, 0.2) is 0 Å². The summed E-state index contributed by atoms with van der Waals surface area (Å²) >= 11 is 0. The summed E-state index contributed by atoms with van der Waals surface area (Å²) in [6.07, 6.45) is 6.13. The van der Waals surface area contributed by atoms with E-state index in [-0.39, 0.29) is 5.78 Å². The van der Waals surface area contributed by atoms with E-state index in [1.807, 2.05) is 13.8 Å². The fourth-order valence-corrected chi connectivity index (χ4v) is 1.88. The highest BCUT2D eigenvalue weighted by Gasteiger charge is 2.31. The molecular formula is C14H28O2. The molecule has 0 aliphatic heterocycles. The van der Waals surface area contributed by atoms with E-state index in [4.69, 9.17) is 4.74 Å². The van der Waals surface area contributed by atoms with Crippen molar-refractivity contribution < 1.29 is 9.53 Å². The predicted molar refractivity (Wildman–Crippen MR) is 68.6 cm³/mol. The van der Waals surface area contributed by atoms with Gasteiger partial charge in [-0.15, -0.1) is 0 Å². The Morgan fingerprint density at radius 2 is 1.94 bits per heavy atom. The van der Waals surface area contributed by atoms with Gasteiger partial charge in [0.05, 0.1) is 0 Å². The predicted octanol–water partition coefficient (Wildman–Crippen LogP) is 3.98. The summed E-state index contributed by atoms with van der Waals surface area (Å²) in [6, 6.07) is 0. The Morgan fingerprint density at radius 1 is 1.31 bits per heavy atom. The summed E-state index contributed by atoms with van der Waals surface area (Å²) in [5.74, 6) is 0.800. The lowest BCUT2D eigenvalue weighted by atomic mass is 9.86. The maximum Gasteiger partial charge on any atom is 0.164 e. The molecule has 0 spiro atoms. The smallest absolute Gasteiger partial charge is 0.164 e. The minimum atomic E-state index is -0.570. The van der Waals surface area contributed by atoms with Crippen molar-refractivity contribution >= 4 is 5.78 Å². The Hall–Kier alpha value is -0.370. The SMILES string of the molecule is CCCCC(CC)CC(=O)C(C)(CC)OC. The maximum absolute atomic E-state index is 12.1. The first-order valence-corrected chi connectivity index (χ1v) is 6.62. The number of hydrogen-bond acceptors (Lipinski definition) is 2. The molecule has 2 nitrogen and oxygen atoms in total. The van der Waals surface area contributed by atoms with Crippen LogP contribution in [0.3, 0.4) is 0 Å². The van der Waals surface area contributed by atoms with Gasteiger partial charge in [-0.25, -0.2) is 0 Å². The number of carbonyl (C=O) groups is 1. The van der Waals surface area contributed by atoms with Crippen LogP contribution in [0.4, 0.5) is 0 Å². The lowest BCUT2D eigenvalue weighted by molar-refractivity contribution is -0.140. The molecule has 0 saturated carbocycles. The van der Waals surface area contributed by atoms with E-state index in [0.717, 1.165) is 12.8 Å². The van der Waals surface area contributed by atoms with Crippen LogP contribution in [-0.2, 0) is 9.53 Å². The molecule has 0 aliphatic rings. The van der Waals surface area contributed by atoms with Gasteiger partial charge >= 0.3 is 0 Å². The van der Waals surface area contributed by atoms with Crippen molar-refractivity contribution in [2.24, 2.45) is 5.92 Å². The molecule has 0 fully saturated rings. The highest BCUT2D eigenvalue weighted by atomic mass is 16.5. The van der Waals surface area contributed by atoms with Crippen molar-refractivity contribution in [1.29, 1.82) is 0 Å². The zero-order chi connectivity index (χ0) is 12.6. The van der Waals surface area contributed by atoms with Gasteiger partial charge in [0, 0.05) is 13.5 Å². The van der Waals surface area contributed by atoms with Crippen LogP contribution in [0, 0.1) is 5.92 Å². The number of Topliss-reactive ketones (excluding diaryl/α,β-unsaturated/α-hetero) is 1. The average molecular weight is 228 g/mol. The summed E-state index contributed by atoms with van der Waals surface area (Å²) < 4.78 is 5.35. The van der Waals surface area contributed by atoms with Gasteiger partial charge in [-0.3, -0.25) is 4.79 Å². The van der Waals surface area contributed by atoms with E-state index in [1.165, 1.54) is 19.3 Å². The van der Waals surface area contributed by atoms with Crippen LogP contribution in [-0.4, -0.2) is 18.5 Å². The molecule has 0 aliphatic carbocycles. The zero-order valence-electron chi connectivity index (χ0n) is 11.6. The molecule has 2 atom stereocenters. The topological polar surface area (TPSA) is 26.3 Å². The Balaban J connectivity index is 4.28. The lowest BCUT2D eigenvalue weighted by Crippen LogP contribution is -2.37. The quantitative estimate of drug-likeness (QED) is 0.596. The molecule has 0 heterocycles. The van der Waals surface area contributed by atoms with Gasteiger partial charge in [0.15, 0.2) is 5.78 Å². The van der Waals surface area contributed by atoms with Crippen molar-refractivity contribution in [3.05, 3.63) is 0 Å². The molecule has 0 N–H and O–H groups in total. The van der Waals surface area contributed by atoms with E-state index in [0.29, 0.717) is 12.3 Å². The van der Waals surface area contributed by atoms with Crippen LogP contribution < -0.4 is 0 Å². The molecule has 0 saturated heterocycles. The molecular weight excluding hydrogens is 200 g/mol. The Bertz CT molecular complexity index is 195. The van der Waals surface area contributed by atoms with Gasteiger partial charge in [0.25, 0.3) is 0 Å². The summed E-state index contributed by atoms with van der Waals surface area (Å²) in [5, 5.41) is 0. The number of unbranched alkanes of at least 4 members (excludes halogenated alkanes) is 1. The van der Waals surface area contributed by atoms with E-state index >= 15 is 0 Å². The summed E-state index contributed by atoms with van der Waals surface area (Å²) in [5.41, 5.74) is -0.570. The fourth-order valence-electron chi connectivity index (χ4n) is 1.88. The van der Waals surface area contributed by atoms with Gasteiger partial charge in [-0.05, 0) is 19.3 Å². The number of carbonyl (C=O) groups excluding carboxylic acids is 1. The number of ether oxygens (including phenoxy) is 1. The number of methoxy groups -OCH3 is 1. The van der Waals surface area contributed by atoms with Crippen molar-refractivity contribution in [3.63, 3.8) is 0 Å². The number of ketones is 1. The normalized spacial score (nSPS) is 16.8. The van der Waals surface area contributed by atoms with Crippen LogP contribution in [0.1, 0.15) is 66.2 Å². The zero-order valence-corrected chi connectivity index (χ0v) is 11.6. The summed E-state index contributed by atoms with van der Waals surface area (Å²) in [6.45, 7) is 8.28. The molecule has 0 aromatic heterocycles. The first kappa shape index (κ1) is 15.6. The van der Waals surface area contributed by atoms with Gasteiger partial charge in [0.2, 0.25) is 0 Å². The fraction of sp³-hybridized carbons (Fsp3) is 0.929. The van der Waals surface area contributed by atoms with Crippen LogP contribution in [0.25, 0.3) is 0 Å². The van der Waals surface area contributed by atoms with Crippen molar-refractivity contribution in [2.75, 3.05) is 7.11 Å². The molecule has 0 aromatic rings. The summed E-state index contributed by atoms with van der Waals surface area (Å²) in [7, 11) is 1.63. The minimum Gasteiger partial charge on any atom is -0.371 e. The van der Waals surface area contributed by atoms with Crippen molar-refractivity contribution in [3.8, 4) is 0 Å². The first-order chi connectivity index (χ1) is 7.53. The number of rotatable bonds is 9. The van der Waals surface area contributed by atoms with E-state index < -0.39 is 5.60 Å². The second kappa shape index (κ2) is 7.83. The molecule has 0 rings (SSSR count). The standard InChI is InChI=1S/C14H28O2/c1-6-9-10-12(7-2)11-13(15)14(4,8-3)16-5/h12H,6-11H2,1-5H3. The summed E-state index contributed by atoms with van der Waals surface area (Å²) in [4.78, 5) is 12.1. The minimum absolute atomic E-state index is 0.264. The first-order valence-electron chi connectivity index (χ1n) is 6.62. The third-order valence-electron chi connectivity index (χ3n) is 3.73. The van der Waals surface area contributed by atoms with E-state index in [2.05, 4.69) is 13.8 Å². The Kier molecular flexibility index (Phi) is 7.65. The van der Waals surface area contributed by atoms with Crippen molar-refractivity contribution in [1.82, 2.24) is 0 Å². The van der Waals surface area contributed by atoms with Gasteiger partial charge in [-0.1, -0.05) is 46.5 Å². The van der Waals surface area contributed by atoms with Crippen molar-refractivity contribution in [2.45, 2.75) is 71.8 Å². The Labute approximate surface area is 101 Å². The molecule has 96 valence electrons. The molecule has 2 unspecified atom stereocenters. The highest BCUT2D eigenvalue weighted by Crippen LogP contribution is 2.24. The largest absolute Gasteiger partial charge is 0.371 e. The average Bonchev–Trinajstić information content (AvgIpc) is 2.32. The second-order valence-corrected chi connectivity index (χ2v) is 4.83. The molecule has 16 heavy (non-hydrogen) atoms. The van der Waals surface area contributed by atoms with E-state index in [9.17, 15) is 4.79 Å².